The van der Waals surface area contributed by atoms with Crippen molar-refractivity contribution in [1.82, 2.24) is 0 Å². The van der Waals surface area contributed by atoms with Crippen molar-refractivity contribution in [1.29, 1.82) is 0 Å². The van der Waals surface area contributed by atoms with Crippen LogP contribution < -0.4 is 11.5 Å². The molecule has 1 aromatic heterocycles. The van der Waals surface area contributed by atoms with E-state index in [1.165, 1.54) is 11.3 Å². The number of nitrogen functional groups attached to an aromatic ring is 2. The lowest BCUT2D eigenvalue weighted by Crippen LogP contribution is -1.97. The molecule has 0 spiro atoms. The third kappa shape index (κ3) is 0.848. The van der Waals surface area contributed by atoms with Crippen molar-refractivity contribution in [3.05, 3.63) is 23.3 Å². The average Bonchev–Trinajstić information content (AvgIpc) is 2.48. The zero-order valence-electron chi connectivity index (χ0n) is 6.17. The van der Waals surface area contributed by atoms with Crippen LogP contribution in [0.25, 0.3) is 10.1 Å². The lowest BCUT2D eigenvalue weighted by atomic mass is 10.2. The van der Waals surface area contributed by atoms with Gasteiger partial charge in [0.15, 0.2) is 5.82 Å². The van der Waals surface area contributed by atoms with Crippen LogP contribution in [-0.2, 0) is 0 Å². The summed E-state index contributed by atoms with van der Waals surface area (Å²) in [6.45, 7) is 0. The summed E-state index contributed by atoms with van der Waals surface area (Å²) >= 11 is 1.45. The van der Waals surface area contributed by atoms with E-state index in [0.29, 0.717) is 11.1 Å². The van der Waals surface area contributed by atoms with E-state index in [1.807, 2.05) is 5.38 Å². The van der Waals surface area contributed by atoms with Gasteiger partial charge in [-0.3, -0.25) is 0 Å². The summed E-state index contributed by atoms with van der Waals surface area (Å²) < 4.78 is 14.1. The van der Waals surface area contributed by atoms with Gasteiger partial charge >= 0.3 is 0 Å². The maximum absolute atomic E-state index is 13.3. The Morgan fingerprint density at radius 3 is 2.83 bits per heavy atom. The Balaban J connectivity index is 2.94. The van der Waals surface area contributed by atoms with Gasteiger partial charge in [0.2, 0.25) is 0 Å². The molecule has 0 aliphatic rings. The highest BCUT2D eigenvalue weighted by Crippen LogP contribution is 2.31. The molecule has 2 rings (SSSR count). The molecule has 0 radical (unpaired) electrons. The van der Waals surface area contributed by atoms with E-state index in [9.17, 15) is 4.39 Å². The Morgan fingerprint density at radius 2 is 2.08 bits per heavy atom. The fourth-order valence-corrected chi connectivity index (χ4v) is 1.94. The molecule has 0 amide bonds. The molecule has 0 saturated heterocycles. The first kappa shape index (κ1) is 7.36. The molecule has 62 valence electrons. The minimum Gasteiger partial charge on any atom is -0.397 e. The Bertz CT molecular complexity index is 436. The predicted molar refractivity (Wildman–Crippen MR) is 50.6 cm³/mol. The van der Waals surface area contributed by atoms with E-state index in [4.69, 9.17) is 11.5 Å². The summed E-state index contributed by atoms with van der Waals surface area (Å²) in [6, 6.07) is 3.39. The zero-order chi connectivity index (χ0) is 8.72. The first-order valence-electron chi connectivity index (χ1n) is 3.41. The van der Waals surface area contributed by atoms with Gasteiger partial charge in [0.25, 0.3) is 0 Å². The van der Waals surface area contributed by atoms with E-state index >= 15 is 0 Å². The fraction of sp³-hybridized carbons (Fsp3) is 0. The van der Waals surface area contributed by atoms with Crippen LogP contribution in [0, 0.1) is 5.82 Å². The number of hydrogen-bond donors (Lipinski definition) is 2. The number of anilines is 2. The van der Waals surface area contributed by atoms with Crippen molar-refractivity contribution in [2.75, 3.05) is 11.5 Å². The van der Waals surface area contributed by atoms with Gasteiger partial charge in [-0.25, -0.2) is 4.39 Å². The summed E-state index contributed by atoms with van der Waals surface area (Å²) in [5.74, 6) is -0.411. The number of hydrogen-bond acceptors (Lipinski definition) is 3. The number of benzene rings is 1. The molecule has 0 fully saturated rings. The minimum absolute atomic E-state index is 0.0425. The monoisotopic (exact) mass is 182 g/mol. The van der Waals surface area contributed by atoms with Crippen molar-refractivity contribution >= 4 is 32.8 Å². The average molecular weight is 182 g/mol. The quantitative estimate of drug-likeness (QED) is 0.614. The van der Waals surface area contributed by atoms with E-state index in [1.54, 1.807) is 12.1 Å². The first-order chi connectivity index (χ1) is 5.70. The number of nitrogens with two attached hydrogens (primary N) is 2. The van der Waals surface area contributed by atoms with Crippen molar-refractivity contribution in [3.8, 4) is 0 Å². The van der Waals surface area contributed by atoms with Gasteiger partial charge in [0.05, 0.1) is 11.4 Å². The van der Waals surface area contributed by atoms with Gasteiger partial charge < -0.3 is 11.5 Å². The normalized spacial score (nSPS) is 10.8. The van der Waals surface area contributed by atoms with Crippen LogP contribution in [0.3, 0.4) is 0 Å². The summed E-state index contributed by atoms with van der Waals surface area (Å²) in [6.07, 6.45) is 0. The molecule has 1 heterocycles. The highest BCUT2D eigenvalue weighted by Gasteiger charge is 2.08. The smallest absolute Gasteiger partial charge is 0.156 e. The molecule has 1 aromatic carbocycles. The third-order valence-electron chi connectivity index (χ3n) is 1.77. The summed E-state index contributed by atoms with van der Waals surface area (Å²) in [4.78, 5) is 0. The van der Waals surface area contributed by atoms with E-state index < -0.39 is 5.82 Å². The molecule has 0 unspecified atom stereocenters. The highest BCUT2D eigenvalue weighted by molar-refractivity contribution is 7.17. The molecule has 0 aliphatic heterocycles. The number of rotatable bonds is 0. The molecule has 0 atom stereocenters. The van der Waals surface area contributed by atoms with Crippen LogP contribution in [0.4, 0.5) is 15.8 Å². The molecule has 12 heavy (non-hydrogen) atoms. The van der Waals surface area contributed by atoms with Crippen molar-refractivity contribution in [2.24, 2.45) is 0 Å². The molecule has 4 N–H and O–H groups in total. The zero-order valence-corrected chi connectivity index (χ0v) is 6.99. The van der Waals surface area contributed by atoms with Crippen molar-refractivity contribution in [2.45, 2.75) is 0 Å². The van der Waals surface area contributed by atoms with Gasteiger partial charge in [-0.15, -0.1) is 11.3 Å². The maximum Gasteiger partial charge on any atom is 0.156 e. The van der Waals surface area contributed by atoms with Gasteiger partial charge in [0, 0.05) is 10.1 Å². The molecule has 0 aliphatic carbocycles. The molecule has 0 saturated carbocycles. The van der Waals surface area contributed by atoms with E-state index in [-0.39, 0.29) is 5.69 Å². The van der Waals surface area contributed by atoms with E-state index in [2.05, 4.69) is 0 Å². The van der Waals surface area contributed by atoms with Gasteiger partial charge in [-0.05, 0) is 17.5 Å². The molecular formula is C8H7FN2S. The number of fused-ring (bicyclic) bond motifs is 1. The van der Waals surface area contributed by atoms with Crippen LogP contribution >= 0.6 is 11.3 Å². The first-order valence-corrected chi connectivity index (χ1v) is 4.29. The van der Waals surface area contributed by atoms with E-state index in [0.717, 1.165) is 4.70 Å². The molecule has 0 bridgehead atoms. The second kappa shape index (κ2) is 2.35. The fourth-order valence-electron chi connectivity index (χ4n) is 1.10. The summed E-state index contributed by atoms with van der Waals surface area (Å²) in [5, 5.41) is 2.36. The molecule has 2 aromatic rings. The SMILES string of the molecule is Nc1cc2sccc2c(F)c1N. The largest absolute Gasteiger partial charge is 0.397 e. The Morgan fingerprint density at radius 1 is 1.33 bits per heavy atom. The number of halogens is 1. The second-order valence-corrected chi connectivity index (χ2v) is 3.47. The molecule has 2 nitrogen and oxygen atoms in total. The van der Waals surface area contributed by atoms with Crippen LogP contribution in [-0.4, -0.2) is 0 Å². The highest BCUT2D eigenvalue weighted by atomic mass is 32.1. The lowest BCUT2D eigenvalue weighted by molar-refractivity contribution is 0.645. The Kier molecular flexibility index (Phi) is 1.44. The topological polar surface area (TPSA) is 52.0 Å². The Hall–Kier alpha value is -1.29. The maximum atomic E-state index is 13.3. The standard InChI is InChI=1S/C8H7FN2S/c9-7-4-1-2-12-6(4)3-5(10)8(7)11/h1-3H,10-11H2. The second-order valence-electron chi connectivity index (χ2n) is 2.53. The van der Waals surface area contributed by atoms with Gasteiger partial charge in [-0.2, -0.15) is 0 Å². The lowest BCUT2D eigenvalue weighted by Gasteiger charge is -2.01. The summed E-state index contributed by atoms with van der Waals surface area (Å²) in [5.41, 5.74) is 11.2. The summed E-state index contributed by atoms with van der Waals surface area (Å²) in [7, 11) is 0. The van der Waals surface area contributed by atoms with Crippen LogP contribution in [0.5, 0.6) is 0 Å². The van der Waals surface area contributed by atoms with Crippen molar-refractivity contribution < 1.29 is 4.39 Å². The van der Waals surface area contributed by atoms with Crippen LogP contribution in [0.1, 0.15) is 0 Å². The molecule has 4 heteroatoms. The van der Waals surface area contributed by atoms with Crippen LogP contribution in [0.15, 0.2) is 17.5 Å². The minimum atomic E-state index is -0.411. The van der Waals surface area contributed by atoms with Crippen molar-refractivity contribution in [3.63, 3.8) is 0 Å². The predicted octanol–water partition coefficient (Wildman–Crippen LogP) is 2.20. The number of thiophene rings is 1. The molecular weight excluding hydrogens is 175 g/mol. The Labute approximate surface area is 72.6 Å². The van der Waals surface area contributed by atoms with Gasteiger partial charge in [-0.1, -0.05) is 0 Å². The van der Waals surface area contributed by atoms with Gasteiger partial charge in [0.1, 0.15) is 0 Å². The third-order valence-corrected chi connectivity index (χ3v) is 2.63. The van der Waals surface area contributed by atoms with Crippen LogP contribution in [0.2, 0.25) is 0 Å².